The predicted molar refractivity (Wildman–Crippen MR) is 80.7 cm³/mol. The lowest BCUT2D eigenvalue weighted by Gasteiger charge is -2.05. The summed E-state index contributed by atoms with van der Waals surface area (Å²) in [5.74, 6) is 0.739. The van der Waals surface area contributed by atoms with Crippen molar-refractivity contribution in [1.29, 1.82) is 0 Å². The van der Waals surface area contributed by atoms with Crippen molar-refractivity contribution in [3.05, 3.63) is 66.5 Å². The van der Waals surface area contributed by atoms with E-state index in [2.05, 4.69) is 57.8 Å². The molecule has 0 spiro atoms. The van der Waals surface area contributed by atoms with Crippen LogP contribution in [0.2, 0.25) is 0 Å². The fourth-order valence-corrected chi connectivity index (χ4v) is 2.59. The van der Waals surface area contributed by atoms with Gasteiger partial charge in [-0.1, -0.05) is 36.4 Å². The van der Waals surface area contributed by atoms with Crippen LogP contribution in [0.1, 0.15) is 5.56 Å². The molecule has 3 nitrogen and oxygen atoms in total. The second-order valence-electron chi connectivity index (χ2n) is 4.93. The Morgan fingerprint density at radius 1 is 0.950 bits per heavy atom. The molecule has 2 heterocycles. The summed E-state index contributed by atoms with van der Waals surface area (Å²) in [6.07, 6.45) is 4.00. The van der Waals surface area contributed by atoms with Crippen molar-refractivity contribution in [2.75, 3.05) is 0 Å². The van der Waals surface area contributed by atoms with Crippen LogP contribution in [-0.2, 0) is 0 Å². The average molecular weight is 259 g/mol. The normalized spacial score (nSPS) is 11.2. The maximum absolute atomic E-state index is 4.52. The number of hydrogen-bond acceptors (Lipinski definition) is 2. The first-order valence-corrected chi connectivity index (χ1v) is 6.62. The number of aromatic nitrogens is 3. The Morgan fingerprint density at radius 3 is 2.65 bits per heavy atom. The lowest BCUT2D eigenvalue weighted by molar-refractivity contribution is 1.13. The molecule has 0 aliphatic heterocycles. The van der Waals surface area contributed by atoms with Crippen molar-refractivity contribution in [3.8, 4) is 11.1 Å². The van der Waals surface area contributed by atoms with Gasteiger partial charge in [-0.15, -0.1) is 0 Å². The largest absolute Gasteiger partial charge is 0.283 e. The minimum Gasteiger partial charge on any atom is -0.283 e. The fraction of sp³-hybridized carbons (Fsp3) is 0.0588. The van der Waals surface area contributed by atoms with Gasteiger partial charge in [-0.25, -0.2) is 9.97 Å². The summed E-state index contributed by atoms with van der Waals surface area (Å²) >= 11 is 0. The first kappa shape index (κ1) is 11.2. The quantitative estimate of drug-likeness (QED) is 0.519. The molecular weight excluding hydrogens is 246 g/mol. The highest BCUT2D eigenvalue weighted by Crippen LogP contribution is 2.24. The Bertz CT molecular complexity index is 922. The molecular formula is C17H13N3. The number of hydrogen-bond donors (Lipinski definition) is 0. The zero-order chi connectivity index (χ0) is 13.5. The lowest BCUT2D eigenvalue weighted by Crippen LogP contribution is -1.91. The molecule has 2 aromatic heterocycles. The molecule has 0 unspecified atom stereocenters. The third-order valence-corrected chi connectivity index (χ3v) is 3.62. The molecule has 0 atom stereocenters. The molecule has 0 fully saturated rings. The van der Waals surface area contributed by atoms with E-state index in [-0.39, 0.29) is 0 Å². The van der Waals surface area contributed by atoms with E-state index in [1.165, 1.54) is 11.1 Å². The number of aryl methyl sites for hydroxylation is 1. The number of nitrogens with zero attached hydrogens (tertiary/aromatic N) is 3. The second-order valence-corrected chi connectivity index (χ2v) is 4.93. The van der Waals surface area contributed by atoms with Gasteiger partial charge in [-0.3, -0.25) is 4.40 Å². The molecule has 4 aromatic rings. The van der Waals surface area contributed by atoms with Crippen LogP contribution in [0.25, 0.3) is 27.9 Å². The zero-order valence-corrected chi connectivity index (χ0v) is 11.1. The van der Waals surface area contributed by atoms with E-state index in [1.807, 2.05) is 24.4 Å². The van der Waals surface area contributed by atoms with Crippen LogP contribution in [0.15, 0.2) is 60.9 Å². The van der Waals surface area contributed by atoms with E-state index in [9.17, 15) is 0 Å². The number of benzene rings is 2. The Morgan fingerprint density at radius 2 is 1.75 bits per heavy atom. The topological polar surface area (TPSA) is 30.2 Å². The molecule has 0 bridgehead atoms. The molecule has 0 amide bonds. The monoisotopic (exact) mass is 259 g/mol. The first-order chi connectivity index (χ1) is 9.83. The number of rotatable bonds is 1. The predicted octanol–water partition coefficient (Wildman–Crippen LogP) is 3.86. The number of para-hydroxylation sites is 2. The Hall–Kier alpha value is -2.68. The molecule has 20 heavy (non-hydrogen) atoms. The van der Waals surface area contributed by atoms with Crippen molar-refractivity contribution < 1.29 is 0 Å². The SMILES string of the molecule is Cc1ccccc1-c1cnc2nc3ccccc3n2c1. The van der Waals surface area contributed by atoms with Crippen molar-refractivity contribution in [1.82, 2.24) is 14.4 Å². The Balaban J connectivity index is 2.03. The van der Waals surface area contributed by atoms with Crippen LogP contribution < -0.4 is 0 Å². The van der Waals surface area contributed by atoms with Gasteiger partial charge in [0.25, 0.3) is 0 Å². The van der Waals surface area contributed by atoms with Gasteiger partial charge in [0, 0.05) is 18.0 Å². The van der Waals surface area contributed by atoms with Gasteiger partial charge in [0.05, 0.1) is 11.0 Å². The second kappa shape index (κ2) is 4.17. The highest BCUT2D eigenvalue weighted by atomic mass is 15.1. The van der Waals surface area contributed by atoms with E-state index in [0.717, 1.165) is 22.4 Å². The van der Waals surface area contributed by atoms with Gasteiger partial charge in [-0.2, -0.15) is 0 Å². The summed E-state index contributed by atoms with van der Waals surface area (Å²) in [4.78, 5) is 9.01. The molecule has 0 saturated heterocycles. The molecule has 0 aliphatic rings. The summed E-state index contributed by atoms with van der Waals surface area (Å²) in [6, 6.07) is 16.4. The highest BCUT2D eigenvalue weighted by Gasteiger charge is 2.07. The molecule has 0 saturated carbocycles. The van der Waals surface area contributed by atoms with Gasteiger partial charge in [0.2, 0.25) is 5.78 Å². The summed E-state index contributed by atoms with van der Waals surface area (Å²) in [5.41, 5.74) is 5.63. The van der Waals surface area contributed by atoms with E-state index in [4.69, 9.17) is 0 Å². The minimum absolute atomic E-state index is 0.739. The summed E-state index contributed by atoms with van der Waals surface area (Å²) in [7, 11) is 0. The van der Waals surface area contributed by atoms with Crippen molar-refractivity contribution in [2.24, 2.45) is 0 Å². The van der Waals surface area contributed by atoms with Crippen molar-refractivity contribution >= 4 is 16.8 Å². The minimum atomic E-state index is 0.739. The number of imidazole rings is 1. The fourth-order valence-electron chi connectivity index (χ4n) is 2.59. The smallest absolute Gasteiger partial charge is 0.234 e. The van der Waals surface area contributed by atoms with Gasteiger partial charge in [0.1, 0.15) is 0 Å². The third kappa shape index (κ3) is 1.60. The van der Waals surface area contributed by atoms with Crippen LogP contribution >= 0.6 is 0 Å². The molecule has 2 aromatic carbocycles. The summed E-state index contributed by atoms with van der Waals surface area (Å²) in [6.45, 7) is 2.12. The average Bonchev–Trinajstić information content (AvgIpc) is 2.85. The van der Waals surface area contributed by atoms with Crippen LogP contribution in [0.3, 0.4) is 0 Å². The van der Waals surface area contributed by atoms with Crippen LogP contribution in [-0.4, -0.2) is 14.4 Å². The van der Waals surface area contributed by atoms with E-state index < -0.39 is 0 Å². The maximum atomic E-state index is 4.52. The van der Waals surface area contributed by atoms with Crippen molar-refractivity contribution in [2.45, 2.75) is 6.92 Å². The molecule has 4 rings (SSSR count). The Labute approximate surface area is 116 Å². The van der Waals surface area contributed by atoms with Crippen LogP contribution in [0, 0.1) is 6.92 Å². The van der Waals surface area contributed by atoms with E-state index >= 15 is 0 Å². The van der Waals surface area contributed by atoms with Gasteiger partial charge in [0.15, 0.2) is 0 Å². The first-order valence-electron chi connectivity index (χ1n) is 6.62. The lowest BCUT2D eigenvalue weighted by atomic mass is 10.0. The Kier molecular flexibility index (Phi) is 2.33. The molecule has 96 valence electrons. The standard InChI is InChI=1S/C17H13N3/c1-12-6-2-3-7-14(12)13-10-18-17-19-15-8-4-5-9-16(15)20(17)11-13/h2-11H,1H3. The molecule has 3 heteroatoms. The van der Waals surface area contributed by atoms with Gasteiger partial charge in [-0.05, 0) is 30.2 Å². The third-order valence-electron chi connectivity index (χ3n) is 3.62. The van der Waals surface area contributed by atoms with E-state index in [0.29, 0.717) is 0 Å². The van der Waals surface area contributed by atoms with Crippen LogP contribution in [0.4, 0.5) is 0 Å². The summed E-state index contributed by atoms with van der Waals surface area (Å²) < 4.78 is 2.05. The number of fused-ring (bicyclic) bond motifs is 3. The summed E-state index contributed by atoms with van der Waals surface area (Å²) in [5, 5.41) is 0. The van der Waals surface area contributed by atoms with Gasteiger partial charge >= 0.3 is 0 Å². The van der Waals surface area contributed by atoms with Crippen molar-refractivity contribution in [3.63, 3.8) is 0 Å². The molecule has 0 radical (unpaired) electrons. The highest BCUT2D eigenvalue weighted by molar-refractivity contribution is 5.80. The maximum Gasteiger partial charge on any atom is 0.234 e. The van der Waals surface area contributed by atoms with E-state index in [1.54, 1.807) is 0 Å². The molecule has 0 aliphatic carbocycles. The van der Waals surface area contributed by atoms with Gasteiger partial charge < -0.3 is 0 Å². The zero-order valence-electron chi connectivity index (χ0n) is 11.1. The molecule has 0 N–H and O–H groups in total. The van der Waals surface area contributed by atoms with Crippen LogP contribution in [0.5, 0.6) is 0 Å².